The maximum absolute atomic E-state index is 12.1. The Morgan fingerprint density at radius 3 is 2.08 bits per heavy atom. The van der Waals surface area contributed by atoms with Gasteiger partial charge in [0.1, 0.15) is 0 Å². The van der Waals surface area contributed by atoms with Crippen LogP contribution in [0, 0.1) is 11.8 Å². The number of hydrogen-bond donors (Lipinski definition) is 1. The number of halogens is 3. The summed E-state index contributed by atoms with van der Waals surface area (Å²) in [7, 11) is 0. The molecule has 1 aliphatic rings. The molecule has 1 fully saturated rings. The second kappa shape index (κ2) is 4.31. The molecule has 0 spiro atoms. The molecule has 0 aromatic carbocycles. The van der Waals surface area contributed by atoms with Gasteiger partial charge < -0.3 is 5.11 Å². The summed E-state index contributed by atoms with van der Waals surface area (Å²) in [6.07, 6.45) is -1.60. The third-order valence-corrected chi connectivity index (χ3v) is 2.79. The summed E-state index contributed by atoms with van der Waals surface area (Å²) in [6, 6.07) is 0. The Bertz CT molecular complexity index is 155. The van der Waals surface area contributed by atoms with Gasteiger partial charge in [-0.15, -0.1) is 0 Å². The summed E-state index contributed by atoms with van der Waals surface area (Å²) in [5.41, 5.74) is 0. The largest absolute Gasteiger partial charge is 0.396 e. The Balaban J connectivity index is 2.45. The summed E-state index contributed by atoms with van der Waals surface area (Å²) in [5.74, 6) is -0.478. The average Bonchev–Trinajstić information content (AvgIpc) is 2.02. The number of hydrogen-bond acceptors (Lipinski definition) is 1. The van der Waals surface area contributed by atoms with Crippen molar-refractivity contribution in [2.45, 2.75) is 38.3 Å². The second-order valence-corrected chi connectivity index (χ2v) is 3.81. The fourth-order valence-corrected chi connectivity index (χ4v) is 2.09. The maximum atomic E-state index is 12.1. The van der Waals surface area contributed by atoms with Crippen molar-refractivity contribution in [2.24, 2.45) is 11.8 Å². The van der Waals surface area contributed by atoms with Gasteiger partial charge in [-0.2, -0.15) is 13.2 Å². The predicted molar refractivity (Wildman–Crippen MR) is 43.2 cm³/mol. The standard InChI is InChI=1S/C9H15F3O/c10-9(11,12)5-7-3-1-2-4-8(7)6-13/h7-8,13H,1-6H2. The fraction of sp³-hybridized carbons (Fsp3) is 1.00. The van der Waals surface area contributed by atoms with Crippen molar-refractivity contribution in [2.75, 3.05) is 6.61 Å². The van der Waals surface area contributed by atoms with Gasteiger partial charge in [-0.3, -0.25) is 0 Å². The van der Waals surface area contributed by atoms with Gasteiger partial charge in [0, 0.05) is 13.0 Å². The zero-order chi connectivity index (χ0) is 9.90. The van der Waals surface area contributed by atoms with Crippen LogP contribution in [-0.2, 0) is 0 Å². The molecule has 0 heterocycles. The van der Waals surface area contributed by atoms with Crippen LogP contribution in [0.25, 0.3) is 0 Å². The van der Waals surface area contributed by atoms with Crippen LogP contribution in [-0.4, -0.2) is 17.9 Å². The van der Waals surface area contributed by atoms with E-state index in [0.29, 0.717) is 6.42 Å². The van der Waals surface area contributed by atoms with Gasteiger partial charge in [0.25, 0.3) is 0 Å². The highest BCUT2D eigenvalue weighted by molar-refractivity contribution is 4.76. The molecule has 1 saturated carbocycles. The Morgan fingerprint density at radius 1 is 1.08 bits per heavy atom. The van der Waals surface area contributed by atoms with Crippen LogP contribution in [0.1, 0.15) is 32.1 Å². The minimum Gasteiger partial charge on any atom is -0.396 e. The third kappa shape index (κ3) is 3.55. The van der Waals surface area contributed by atoms with E-state index < -0.39 is 12.6 Å². The molecule has 1 aliphatic carbocycles. The molecule has 1 nitrogen and oxygen atoms in total. The molecule has 0 bridgehead atoms. The number of aliphatic hydroxyl groups excluding tert-OH is 1. The molecule has 1 rings (SSSR count). The molecular formula is C9H15F3O. The van der Waals surface area contributed by atoms with Crippen LogP contribution in [0.3, 0.4) is 0 Å². The topological polar surface area (TPSA) is 20.2 Å². The van der Waals surface area contributed by atoms with Crippen molar-refractivity contribution >= 4 is 0 Å². The van der Waals surface area contributed by atoms with E-state index in [1.165, 1.54) is 0 Å². The van der Waals surface area contributed by atoms with Crippen molar-refractivity contribution < 1.29 is 18.3 Å². The smallest absolute Gasteiger partial charge is 0.389 e. The lowest BCUT2D eigenvalue weighted by molar-refractivity contribution is -0.152. The molecule has 0 amide bonds. The molecule has 4 heteroatoms. The number of aliphatic hydroxyl groups is 1. The highest BCUT2D eigenvalue weighted by Crippen LogP contribution is 2.37. The molecular weight excluding hydrogens is 181 g/mol. The van der Waals surface area contributed by atoms with Crippen LogP contribution >= 0.6 is 0 Å². The van der Waals surface area contributed by atoms with Crippen molar-refractivity contribution in [1.29, 1.82) is 0 Å². The zero-order valence-corrected chi connectivity index (χ0v) is 7.48. The van der Waals surface area contributed by atoms with E-state index >= 15 is 0 Å². The van der Waals surface area contributed by atoms with E-state index in [1.807, 2.05) is 0 Å². The summed E-state index contributed by atoms with van der Waals surface area (Å²) in [6.45, 7) is -0.0965. The lowest BCUT2D eigenvalue weighted by Gasteiger charge is -2.30. The molecule has 13 heavy (non-hydrogen) atoms. The number of alkyl halides is 3. The first-order chi connectivity index (χ1) is 6.03. The first-order valence-corrected chi connectivity index (χ1v) is 4.70. The first kappa shape index (κ1) is 10.8. The van der Waals surface area contributed by atoms with Gasteiger partial charge >= 0.3 is 6.18 Å². The summed E-state index contributed by atoms with van der Waals surface area (Å²) in [4.78, 5) is 0. The van der Waals surface area contributed by atoms with Crippen LogP contribution in [0.2, 0.25) is 0 Å². The Morgan fingerprint density at radius 2 is 1.62 bits per heavy atom. The predicted octanol–water partition coefficient (Wildman–Crippen LogP) is 2.74. The third-order valence-electron chi connectivity index (χ3n) is 2.79. The zero-order valence-electron chi connectivity index (χ0n) is 7.48. The van der Waals surface area contributed by atoms with E-state index in [1.54, 1.807) is 0 Å². The molecule has 0 aromatic heterocycles. The minimum atomic E-state index is -4.07. The molecule has 0 aliphatic heterocycles. The van der Waals surface area contributed by atoms with Crippen LogP contribution in [0.15, 0.2) is 0 Å². The van der Waals surface area contributed by atoms with E-state index in [4.69, 9.17) is 5.11 Å². The van der Waals surface area contributed by atoms with Gasteiger partial charge in [-0.25, -0.2) is 0 Å². The SMILES string of the molecule is OCC1CCCCC1CC(F)(F)F. The Kier molecular flexibility index (Phi) is 3.59. The normalized spacial score (nSPS) is 30.5. The Hall–Kier alpha value is -0.250. The fourth-order valence-electron chi connectivity index (χ4n) is 2.09. The van der Waals surface area contributed by atoms with Crippen LogP contribution in [0.5, 0.6) is 0 Å². The van der Waals surface area contributed by atoms with Gasteiger partial charge in [-0.05, 0) is 24.7 Å². The lowest BCUT2D eigenvalue weighted by atomic mass is 9.78. The van der Waals surface area contributed by atoms with Crippen LogP contribution < -0.4 is 0 Å². The molecule has 0 saturated heterocycles. The molecule has 2 atom stereocenters. The molecule has 78 valence electrons. The minimum absolute atomic E-state index is 0.0965. The highest BCUT2D eigenvalue weighted by Gasteiger charge is 2.36. The van der Waals surface area contributed by atoms with Crippen molar-refractivity contribution in [3.8, 4) is 0 Å². The van der Waals surface area contributed by atoms with Crippen molar-refractivity contribution in [3.05, 3.63) is 0 Å². The highest BCUT2D eigenvalue weighted by atomic mass is 19.4. The first-order valence-electron chi connectivity index (χ1n) is 4.70. The molecule has 0 aromatic rings. The van der Waals surface area contributed by atoms with Crippen molar-refractivity contribution in [3.63, 3.8) is 0 Å². The second-order valence-electron chi connectivity index (χ2n) is 3.81. The summed E-state index contributed by atoms with van der Waals surface area (Å²) in [5, 5.41) is 8.89. The quantitative estimate of drug-likeness (QED) is 0.720. The average molecular weight is 196 g/mol. The van der Waals surface area contributed by atoms with Crippen molar-refractivity contribution in [1.82, 2.24) is 0 Å². The van der Waals surface area contributed by atoms with Gasteiger partial charge in [0.2, 0.25) is 0 Å². The van der Waals surface area contributed by atoms with Crippen LogP contribution in [0.4, 0.5) is 13.2 Å². The lowest BCUT2D eigenvalue weighted by Crippen LogP contribution is -2.27. The van der Waals surface area contributed by atoms with E-state index in [2.05, 4.69) is 0 Å². The van der Waals surface area contributed by atoms with Gasteiger partial charge in [0.05, 0.1) is 0 Å². The van der Waals surface area contributed by atoms with Gasteiger partial charge in [-0.1, -0.05) is 12.8 Å². The van der Waals surface area contributed by atoms with Gasteiger partial charge in [0.15, 0.2) is 0 Å². The molecule has 0 radical (unpaired) electrons. The molecule has 1 N–H and O–H groups in total. The molecule has 2 unspecified atom stereocenters. The Labute approximate surface area is 75.9 Å². The van der Waals surface area contributed by atoms with E-state index in [-0.39, 0.29) is 18.4 Å². The van der Waals surface area contributed by atoms with E-state index in [9.17, 15) is 13.2 Å². The maximum Gasteiger partial charge on any atom is 0.389 e. The van der Waals surface area contributed by atoms with E-state index in [0.717, 1.165) is 19.3 Å². The summed E-state index contributed by atoms with van der Waals surface area (Å²) < 4.78 is 36.2. The monoisotopic (exact) mass is 196 g/mol. The summed E-state index contributed by atoms with van der Waals surface area (Å²) >= 11 is 0. The number of rotatable bonds is 2.